The van der Waals surface area contributed by atoms with Crippen LogP contribution in [0.25, 0.3) is 29.0 Å². The molecule has 1 N–H and O–H groups in total. The molecule has 0 radical (unpaired) electrons. The molecule has 0 spiro atoms. The van der Waals surface area contributed by atoms with E-state index in [0.717, 1.165) is 122 Å². The molecule has 6 rings (SSSR count). The molecule has 0 bridgehead atoms. The zero-order chi connectivity index (χ0) is 68.1. The molecule has 4 aromatic rings. The minimum Gasteiger partial charge on any atom is -0.497 e. The number of rotatable bonds is 34. The highest BCUT2D eigenvalue weighted by molar-refractivity contribution is 5.90. The van der Waals surface area contributed by atoms with Gasteiger partial charge < -0.3 is 43.2 Å². The van der Waals surface area contributed by atoms with Gasteiger partial charge in [0.2, 0.25) is 5.91 Å². The lowest BCUT2D eigenvalue weighted by molar-refractivity contribution is -0.164. The van der Waals surface area contributed by atoms with Crippen LogP contribution in [0.4, 0.5) is 0 Å². The molecular formula is C78H111NO14. The van der Waals surface area contributed by atoms with Crippen LogP contribution < -0.4 is 19.5 Å². The van der Waals surface area contributed by atoms with Crippen molar-refractivity contribution in [1.82, 2.24) is 5.32 Å². The number of amides is 1. The average molecular weight is 1290 g/mol. The van der Waals surface area contributed by atoms with E-state index in [4.69, 9.17) is 37.9 Å². The third kappa shape index (κ3) is 30.5. The molecule has 2 saturated carbocycles. The number of carbonyl (C=O) groups excluding carboxylic acids is 6. The first-order valence-corrected chi connectivity index (χ1v) is 34.4. The van der Waals surface area contributed by atoms with Gasteiger partial charge in [0.25, 0.3) is 0 Å². The highest BCUT2D eigenvalue weighted by Crippen LogP contribution is 2.30. The number of ether oxygens (including phenoxy) is 8. The van der Waals surface area contributed by atoms with Crippen LogP contribution in [-0.2, 0) is 52.5 Å². The highest BCUT2D eigenvalue weighted by atomic mass is 16.6. The van der Waals surface area contributed by atoms with Crippen LogP contribution >= 0.6 is 0 Å². The lowest BCUT2D eigenvalue weighted by Crippen LogP contribution is -2.45. The van der Waals surface area contributed by atoms with Crippen molar-refractivity contribution in [1.29, 1.82) is 0 Å². The van der Waals surface area contributed by atoms with Crippen LogP contribution in [0.5, 0.6) is 17.2 Å². The quantitative estimate of drug-likeness (QED) is 0.0201. The van der Waals surface area contributed by atoms with Gasteiger partial charge in [0, 0.05) is 29.7 Å². The zero-order valence-corrected chi connectivity index (χ0v) is 58.2. The Labute approximate surface area is 556 Å². The fourth-order valence-electron chi connectivity index (χ4n) is 9.77. The second-order valence-corrected chi connectivity index (χ2v) is 26.3. The highest BCUT2D eigenvalue weighted by Gasteiger charge is 2.33. The minimum absolute atomic E-state index is 0.0340. The molecule has 0 aliphatic heterocycles. The molecule has 0 unspecified atom stereocenters. The van der Waals surface area contributed by atoms with Crippen LogP contribution in [0.3, 0.4) is 0 Å². The average Bonchev–Trinajstić information content (AvgIpc) is 2.68. The Morgan fingerprint density at radius 1 is 0.419 bits per heavy atom. The van der Waals surface area contributed by atoms with Crippen molar-refractivity contribution in [2.45, 2.75) is 235 Å². The minimum atomic E-state index is -0.524. The molecule has 15 heteroatoms. The summed E-state index contributed by atoms with van der Waals surface area (Å²) in [5.74, 6) is 1.06. The van der Waals surface area contributed by atoms with Crippen molar-refractivity contribution >= 4 is 64.8 Å². The van der Waals surface area contributed by atoms with E-state index in [1.807, 2.05) is 147 Å². The van der Waals surface area contributed by atoms with Crippen LogP contribution in [0.15, 0.2) is 103 Å². The topological polar surface area (TPSA) is 188 Å². The van der Waals surface area contributed by atoms with Crippen molar-refractivity contribution in [3.05, 3.63) is 120 Å². The lowest BCUT2D eigenvalue weighted by Gasteiger charge is -2.31. The summed E-state index contributed by atoms with van der Waals surface area (Å²) >= 11 is 0. The van der Waals surface area contributed by atoms with E-state index in [9.17, 15) is 28.8 Å². The first kappa shape index (κ1) is 78.0. The Bertz CT molecular complexity index is 2960. The summed E-state index contributed by atoms with van der Waals surface area (Å²) in [5, 5.41) is 5.27. The monoisotopic (exact) mass is 1290 g/mol. The number of carbonyl (C=O) groups is 6. The van der Waals surface area contributed by atoms with Crippen molar-refractivity contribution in [3.8, 4) is 17.2 Å². The Morgan fingerprint density at radius 2 is 0.817 bits per heavy atom. The van der Waals surface area contributed by atoms with Gasteiger partial charge in [0.05, 0.1) is 31.2 Å². The largest absolute Gasteiger partial charge is 0.497 e. The van der Waals surface area contributed by atoms with Gasteiger partial charge in [-0.3, -0.25) is 14.4 Å². The van der Waals surface area contributed by atoms with E-state index in [2.05, 4.69) is 19.2 Å². The molecule has 0 heterocycles. The Balaban J connectivity index is 0.000000299. The van der Waals surface area contributed by atoms with Gasteiger partial charge in [-0.2, -0.15) is 0 Å². The molecule has 93 heavy (non-hydrogen) atoms. The van der Waals surface area contributed by atoms with E-state index < -0.39 is 16.8 Å². The summed E-state index contributed by atoms with van der Waals surface area (Å²) in [7, 11) is 1.63. The number of esters is 5. The smallest absolute Gasteiger partial charge is 0.331 e. The van der Waals surface area contributed by atoms with Crippen molar-refractivity contribution in [3.63, 3.8) is 0 Å². The second kappa shape index (κ2) is 42.0. The molecule has 15 nitrogen and oxygen atoms in total. The van der Waals surface area contributed by atoms with E-state index in [0.29, 0.717) is 19.3 Å². The normalized spacial score (nSPS) is 16.7. The Morgan fingerprint density at radius 3 is 1.32 bits per heavy atom. The fraction of sp³-hybridized carbons (Fsp3) is 0.564. The number of benzene rings is 4. The summed E-state index contributed by atoms with van der Waals surface area (Å²) in [6, 6.07) is 27.4. The second-order valence-electron chi connectivity index (χ2n) is 26.3. The van der Waals surface area contributed by atoms with Crippen molar-refractivity contribution in [2.24, 2.45) is 16.2 Å². The van der Waals surface area contributed by atoms with Crippen molar-refractivity contribution in [2.75, 3.05) is 33.5 Å². The predicted molar refractivity (Wildman–Crippen MR) is 372 cm³/mol. The van der Waals surface area contributed by atoms with Crippen LogP contribution in [-0.4, -0.2) is 93.6 Å². The fourth-order valence-corrected chi connectivity index (χ4v) is 9.77. The first-order valence-electron chi connectivity index (χ1n) is 34.4. The van der Waals surface area contributed by atoms with Gasteiger partial charge in [0.15, 0.2) is 0 Å². The molecule has 0 aromatic heterocycles. The summed E-state index contributed by atoms with van der Waals surface area (Å²) in [4.78, 5) is 72.6. The summed E-state index contributed by atoms with van der Waals surface area (Å²) in [6.07, 6.45) is 29.9. The Hall–Kier alpha value is -7.42. The van der Waals surface area contributed by atoms with Crippen LogP contribution in [0, 0.1) is 16.2 Å². The van der Waals surface area contributed by atoms with Gasteiger partial charge in [-0.05, 0) is 199 Å². The number of nitrogens with one attached hydrogen (secondary N) is 1. The van der Waals surface area contributed by atoms with Gasteiger partial charge in [-0.1, -0.05) is 142 Å². The van der Waals surface area contributed by atoms with Crippen LogP contribution in [0.2, 0.25) is 0 Å². The standard InChI is InChI=1S/C29H45NO4.C27H40O5.C22H26O5/c1-5-7-8-9-10-11-22-33-25-17-12-23(13-18-25)14-21-27(31)34-26-19-15-24(16-20-26)30-28(32)29(3,4)6-2;1-5-7-8-9-20-30-22-13-10-21(11-14-22)12-19-25(28)31-23-15-17-24(18-16-23)32-26(29)27(3,4)6-2;1-5-22(2,3)21(24)27-13-12-26-20(23)11-7-16-6-8-18-15-19(25-4)10-9-17(18)14-16/h12-14,17-18,21,24,26H,5-11,15-16,19-20,22H2,1-4H3,(H,30,32);10-14,19,23-24H,5-9,15-18,20H2,1-4H3;6-11,14-15H,5,12-13H2,1-4H3/b21-14+;19-12+;11-7+. The molecular weight excluding hydrogens is 1170 g/mol. The van der Waals surface area contributed by atoms with Gasteiger partial charge >= 0.3 is 29.8 Å². The lowest BCUT2D eigenvalue weighted by atomic mass is 9.87. The maximum atomic E-state index is 12.4. The molecule has 2 aliphatic rings. The van der Waals surface area contributed by atoms with Gasteiger partial charge in [-0.15, -0.1) is 0 Å². The third-order valence-electron chi connectivity index (χ3n) is 17.5. The molecule has 0 atom stereocenters. The van der Waals surface area contributed by atoms with Gasteiger partial charge in [-0.25, -0.2) is 14.4 Å². The first-order chi connectivity index (χ1) is 44.5. The van der Waals surface area contributed by atoms with E-state index in [1.165, 1.54) is 69.6 Å². The van der Waals surface area contributed by atoms with Crippen molar-refractivity contribution < 1.29 is 66.7 Å². The number of hydrogen-bond acceptors (Lipinski definition) is 14. The molecule has 2 fully saturated rings. The molecule has 4 aromatic carbocycles. The number of unbranched alkanes of at least 4 members (excludes halogenated alkanes) is 8. The number of methoxy groups -OCH3 is 1. The molecule has 0 saturated heterocycles. The molecule has 512 valence electrons. The van der Waals surface area contributed by atoms with E-state index >= 15 is 0 Å². The van der Waals surface area contributed by atoms with Gasteiger partial charge in [0.1, 0.15) is 48.8 Å². The zero-order valence-electron chi connectivity index (χ0n) is 58.2. The summed E-state index contributed by atoms with van der Waals surface area (Å²) in [6.45, 7) is 23.3. The maximum absolute atomic E-state index is 12.4. The van der Waals surface area contributed by atoms with E-state index in [1.54, 1.807) is 25.3 Å². The molecule has 2 aliphatic carbocycles. The molecule has 1 amide bonds. The van der Waals surface area contributed by atoms with E-state index in [-0.39, 0.29) is 72.8 Å². The summed E-state index contributed by atoms with van der Waals surface area (Å²) in [5.41, 5.74) is 1.44. The third-order valence-corrected chi connectivity index (χ3v) is 17.5. The number of fused-ring (bicyclic) bond motifs is 1. The van der Waals surface area contributed by atoms with Crippen LogP contribution in [0.1, 0.15) is 228 Å². The predicted octanol–water partition coefficient (Wildman–Crippen LogP) is 17.7. The Kier molecular flexibility index (Phi) is 35.3. The summed E-state index contributed by atoms with van der Waals surface area (Å²) < 4.78 is 43.8. The maximum Gasteiger partial charge on any atom is 0.331 e. The number of hydrogen-bond donors (Lipinski definition) is 1. The SMILES string of the molecule is CCC(C)(C)C(=O)OCCOC(=O)/C=C/c1ccc2cc(OC)ccc2c1.CCCCCCCCOc1ccc(/C=C/C(=O)OC2CCC(NC(=O)C(C)(C)CC)CC2)cc1.CCCCCCOc1ccc(/C=C/C(=O)OC2CCC(OC(=O)C(C)(C)CC)CC2)cc1.